The van der Waals surface area contributed by atoms with Crippen molar-refractivity contribution in [3.63, 3.8) is 0 Å². The summed E-state index contributed by atoms with van der Waals surface area (Å²) in [6, 6.07) is 8.50. The first kappa shape index (κ1) is 10.4. The van der Waals surface area contributed by atoms with Gasteiger partial charge in [0.2, 0.25) is 0 Å². The summed E-state index contributed by atoms with van der Waals surface area (Å²) in [5.74, 6) is 0.959. The van der Waals surface area contributed by atoms with Crippen LogP contribution in [0, 0.1) is 0 Å². The van der Waals surface area contributed by atoms with E-state index in [2.05, 4.69) is 46.4 Å². The highest BCUT2D eigenvalue weighted by molar-refractivity contribution is 7.08. The second-order valence-electron chi connectivity index (χ2n) is 3.90. The summed E-state index contributed by atoms with van der Waals surface area (Å²) in [5.41, 5.74) is 4.74. The van der Waals surface area contributed by atoms with E-state index in [9.17, 15) is 0 Å². The van der Waals surface area contributed by atoms with Crippen molar-refractivity contribution in [2.24, 2.45) is 0 Å². The van der Waals surface area contributed by atoms with Gasteiger partial charge in [0, 0.05) is 18.3 Å². The standard InChI is InChI=1S/C14H13NOS/c1-15-13-4-6-16-14-8-10(2-3-12(13)14)11-5-7-17-9-11/h2-5,7-9,15H,6H2,1H3. The molecule has 3 heteroatoms. The van der Waals surface area contributed by atoms with E-state index in [1.54, 1.807) is 11.3 Å². The van der Waals surface area contributed by atoms with Crippen LogP contribution in [0.1, 0.15) is 5.56 Å². The van der Waals surface area contributed by atoms with Crippen LogP contribution in [0.3, 0.4) is 0 Å². The molecule has 86 valence electrons. The summed E-state index contributed by atoms with van der Waals surface area (Å²) in [5, 5.41) is 7.44. The summed E-state index contributed by atoms with van der Waals surface area (Å²) in [7, 11) is 1.94. The molecule has 0 radical (unpaired) electrons. The second kappa shape index (κ2) is 4.26. The summed E-state index contributed by atoms with van der Waals surface area (Å²) in [6.45, 7) is 0.635. The van der Waals surface area contributed by atoms with Gasteiger partial charge in [-0.1, -0.05) is 6.07 Å². The molecule has 0 aliphatic carbocycles. The molecule has 2 nitrogen and oxygen atoms in total. The molecule has 1 aromatic heterocycles. The first-order valence-corrected chi connectivity index (χ1v) is 6.50. The molecule has 1 N–H and O–H groups in total. The second-order valence-corrected chi connectivity index (χ2v) is 4.68. The van der Waals surface area contributed by atoms with Crippen molar-refractivity contribution >= 4 is 17.0 Å². The lowest BCUT2D eigenvalue weighted by Crippen LogP contribution is -2.13. The van der Waals surface area contributed by atoms with Crippen LogP contribution in [-0.4, -0.2) is 13.7 Å². The Kier molecular flexibility index (Phi) is 2.61. The minimum absolute atomic E-state index is 0.635. The smallest absolute Gasteiger partial charge is 0.129 e. The number of benzene rings is 1. The van der Waals surface area contributed by atoms with Crippen LogP contribution in [0.25, 0.3) is 16.8 Å². The fraction of sp³-hybridized carbons (Fsp3) is 0.143. The number of fused-ring (bicyclic) bond motifs is 1. The Labute approximate surface area is 105 Å². The third-order valence-electron chi connectivity index (χ3n) is 2.92. The molecule has 0 saturated heterocycles. The maximum absolute atomic E-state index is 5.68. The summed E-state index contributed by atoms with van der Waals surface area (Å²) in [4.78, 5) is 0. The normalized spacial score (nSPS) is 13.6. The Morgan fingerprint density at radius 3 is 2.94 bits per heavy atom. The maximum Gasteiger partial charge on any atom is 0.129 e. The van der Waals surface area contributed by atoms with Crippen molar-refractivity contribution in [1.82, 2.24) is 5.32 Å². The van der Waals surface area contributed by atoms with Gasteiger partial charge in [-0.15, -0.1) is 0 Å². The van der Waals surface area contributed by atoms with Crippen molar-refractivity contribution in [2.45, 2.75) is 0 Å². The Balaban J connectivity index is 2.06. The molecule has 2 heterocycles. The van der Waals surface area contributed by atoms with E-state index in [1.165, 1.54) is 11.1 Å². The minimum atomic E-state index is 0.635. The highest BCUT2D eigenvalue weighted by Crippen LogP contribution is 2.33. The van der Waals surface area contributed by atoms with E-state index in [1.807, 2.05) is 7.05 Å². The van der Waals surface area contributed by atoms with Crippen molar-refractivity contribution < 1.29 is 4.74 Å². The van der Waals surface area contributed by atoms with E-state index in [4.69, 9.17) is 4.74 Å². The number of hydrogen-bond donors (Lipinski definition) is 1. The molecule has 0 unspecified atom stereocenters. The lowest BCUT2D eigenvalue weighted by Gasteiger charge is -2.19. The molecule has 1 aromatic carbocycles. The minimum Gasteiger partial charge on any atom is -0.489 e. The lowest BCUT2D eigenvalue weighted by atomic mass is 10.0. The Morgan fingerprint density at radius 1 is 1.24 bits per heavy atom. The quantitative estimate of drug-likeness (QED) is 0.873. The third kappa shape index (κ3) is 1.83. The van der Waals surface area contributed by atoms with Crippen LogP contribution >= 0.6 is 11.3 Å². The van der Waals surface area contributed by atoms with Gasteiger partial charge in [-0.2, -0.15) is 11.3 Å². The number of thiophene rings is 1. The van der Waals surface area contributed by atoms with Crippen LogP contribution in [0.4, 0.5) is 0 Å². The van der Waals surface area contributed by atoms with Crippen molar-refractivity contribution in [3.05, 3.63) is 46.7 Å². The zero-order chi connectivity index (χ0) is 11.7. The van der Waals surface area contributed by atoms with Crippen LogP contribution < -0.4 is 10.1 Å². The molecule has 1 aliphatic heterocycles. The fourth-order valence-corrected chi connectivity index (χ4v) is 2.70. The molecule has 1 aliphatic rings. The summed E-state index contributed by atoms with van der Waals surface area (Å²) in [6.07, 6.45) is 2.06. The Hall–Kier alpha value is -1.74. The first-order valence-electron chi connectivity index (χ1n) is 5.56. The molecule has 0 amide bonds. The van der Waals surface area contributed by atoms with Gasteiger partial charge in [-0.3, -0.25) is 0 Å². The highest BCUT2D eigenvalue weighted by atomic mass is 32.1. The van der Waals surface area contributed by atoms with E-state index in [0.29, 0.717) is 6.61 Å². The zero-order valence-corrected chi connectivity index (χ0v) is 10.4. The van der Waals surface area contributed by atoms with E-state index < -0.39 is 0 Å². The number of rotatable bonds is 2. The van der Waals surface area contributed by atoms with Crippen LogP contribution in [0.15, 0.2) is 41.1 Å². The van der Waals surface area contributed by atoms with Crippen molar-refractivity contribution in [1.29, 1.82) is 0 Å². The molecule has 0 fully saturated rings. The molecule has 0 saturated carbocycles. The number of nitrogens with one attached hydrogen (secondary N) is 1. The van der Waals surface area contributed by atoms with Gasteiger partial charge >= 0.3 is 0 Å². The van der Waals surface area contributed by atoms with Gasteiger partial charge in [0.1, 0.15) is 12.4 Å². The zero-order valence-electron chi connectivity index (χ0n) is 9.57. The molecule has 17 heavy (non-hydrogen) atoms. The molecule has 0 bridgehead atoms. The van der Waals surface area contributed by atoms with E-state index in [0.717, 1.165) is 17.0 Å². The van der Waals surface area contributed by atoms with Gasteiger partial charge in [-0.05, 0) is 46.2 Å². The van der Waals surface area contributed by atoms with E-state index >= 15 is 0 Å². The summed E-state index contributed by atoms with van der Waals surface area (Å²) >= 11 is 1.71. The highest BCUT2D eigenvalue weighted by Gasteiger charge is 2.13. The largest absolute Gasteiger partial charge is 0.489 e. The predicted molar refractivity (Wildman–Crippen MR) is 72.3 cm³/mol. The van der Waals surface area contributed by atoms with Crippen molar-refractivity contribution in [2.75, 3.05) is 13.7 Å². The molecular weight excluding hydrogens is 230 g/mol. The van der Waals surface area contributed by atoms with Gasteiger partial charge in [0.15, 0.2) is 0 Å². The lowest BCUT2D eigenvalue weighted by molar-refractivity contribution is 0.356. The molecular formula is C14H13NOS. The third-order valence-corrected chi connectivity index (χ3v) is 3.61. The molecule has 0 atom stereocenters. The number of hydrogen-bond acceptors (Lipinski definition) is 3. The Bertz CT molecular complexity index is 558. The van der Waals surface area contributed by atoms with Gasteiger partial charge in [-0.25, -0.2) is 0 Å². The average molecular weight is 243 g/mol. The topological polar surface area (TPSA) is 21.3 Å². The Morgan fingerprint density at radius 2 is 2.18 bits per heavy atom. The maximum atomic E-state index is 5.68. The predicted octanol–water partition coefficient (Wildman–Crippen LogP) is 3.37. The van der Waals surface area contributed by atoms with E-state index in [-0.39, 0.29) is 0 Å². The summed E-state index contributed by atoms with van der Waals surface area (Å²) < 4.78 is 5.68. The van der Waals surface area contributed by atoms with Crippen LogP contribution in [0.2, 0.25) is 0 Å². The van der Waals surface area contributed by atoms with Gasteiger partial charge in [0.25, 0.3) is 0 Å². The average Bonchev–Trinajstić information content (AvgIpc) is 2.91. The van der Waals surface area contributed by atoms with Gasteiger partial charge in [0.05, 0.1) is 0 Å². The van der Waals surface area contributed by atoms with Gasteiger partial charge < -0.3 is 10.1 Å². The fourth-order valence-electron chi connectivity index (χ4n) is 2.03. The number of ether oxygens (including phenoxy) is 1. The SMILES string of the molecule is CNC1=CCOc2cc(-c3ccsc3)ccc21. The van der Waals surface area contributed by atoms with Crippen LogP contribution in [0.5, 0.6) is 5.75 Å². The molecule has 3 rings (SSSR count). The molecule has 2 aromatic rings. The molecule has 0 spiro atoms. The van der Waals surface area contributed by atoms with Crippen molar-refractivity contribution in [3.8, 4) is 16.9 Å². The van der Waals surface area contributed by atoms with Crippen LogP contribution in [-0.2, 0) is 0 Å². The first-order chi connectivity index (χ1) is 8.38. The monoisotopic (exact) mass is 243 g/mol.